The second kappa shape index (κ2) is 10.2. The number of nitrogens with zero attached hydrogens (tertiary/aromatic N) is 4. The van der Waals surface area contributed by atoms with E-state index < -0.39 is 0 Å². The number of carbonyl (C=O) groups is 2. The largest absolute Gasteiger partial charge is 0.340 e. The molecular formula is C22H21ClFN5O2S. The summed E-state index contributed by atoms with van der Waals surface area (Å²) in [6.07, 6.45) is 0.294. The molecular weight excluding hydrogens is 453 g/mol. The summed E-state index contributed by atoms with van der Waals surface area (Å²) >= 11 is 7.38. The van der Waals surface area contributed by atoms with Gasteiger partial charge in [0.05, 0.1) is 13.0 Å². The lowest BCUT2D eigenvalue weighted by Gasteiger charge is -2.34. The Morgan fingerprint density at radius 2 is 1.75 bits per heavy atom. The van der Waals surface area contributed by atoms with Crippen LogP contribution >= 0.6 is 22.9 Å². The van der Waals surface area contributed by atoms with Crippen LogP contribution in [0.15, 0.2) is 48.5 Å². The van der Waals surface area contributed by atoms with Crippen molar-refractivity contribution in [3.63, 3.8) is 0 Å². The molecule has 1 saturated heterocycles. The molecule has 2 heterocycles. The number of benzene rings is 2. The molecule has 0 saturated carbocycles. The number of halogens is 2. The van der Waals surface area contributed by atoms with Crippen LogP contribution < -0.4 is 5.32 Å². The van der Waals surface area contributed by atoms with Gasteiger partial charge in [-0.05, 0) is 35.9 Å². The van der Waals surface area contributed by atoms with Crippen molar-refractivity contribution in [2.75, 3.05) is 31.5 Å². The zero-order chi connectivity index (χ0) is 22.5. The smallest absolute Gasteiger partial charge is 0.286 e. The van der Waals surface area contributed by atoms with E-state index in [0.29, 0.717) is 49.9 Å². The van der Waals surface area contributed by atoms with Crippen LogP contribution in [-0.4, -0.2) is 58.0 Å². The highest BCUT2D eigenvalue weighted by molar-refractivity contribution is 7.13. The number of aromatic nitrogens is 2. The number of hydrogen-bond acceptors (Lipinski definition) is 6. The standard InChI is InChI=1S/C22H21ClFN5O2S/c23-18-4-2-1-3-15(18)13-20(30)29-11-9-28(10-12-29)14-19-26-27-22(32-19)21(31)25-17-7-5-16(24)6-8-17/h1-8H,9-14H2,(H,25,31). The zero-order valence-corrected chi connectivity index (χ0v) is 18.7. The van der Waals surface area contributed by atoms with Crippen LogP contribution in [0.3, 0.4) is 0 Å². The van der Waals surface area contributed by atoms with Crippen molar-refractivity contribution in [3.05, 3.63) is 74.9 Å². The molecule has 2 amide bonds. The molecule has 0 bridgehead atoms. The minimum absolute atomic E-state index is 0.0633. The van der Waals surface area contributed by atoms with Gasteiger partial charge in [-0.25, -0.2) is 4.39 Å². The van der Waals surface area contributed by atoms with Crippen LogP contribution in [0.4, 0.5) is 10.1 Å². The molecule has 1 aromatic heterocycles. The average Bonchev–Trinajstić information content (AvgIpc) is 3.26. The first-order valence-corrected chi connectivity index (χ1v) is 11.3. The summed E-state index contributed by atoms with van der Waals surface area (Å²) in [4.78, 5) is 29.0. The highest BCUT2D eigenvalue weighted by Gasteiger charge is 2.23. The average molecular weight is 474 g/mol. The molecule has 1 aliphatic rings. The fourth-order valence-electron chi connectivity index (χ4n) is 3.39. The molecule has 0 atom stereocenters. The molecule has 0 spiro atoms. The summed E-state index contributed by atoms with van der Waals surface area (Å²) in [5.41, 5.74) is 1.33. The Hall–Kier alpha value is -2.88. The van der Waals surface area contributed by atoms with Crippen molar-refractivity contribution >= 4 is 40.4 Å². The Morgan fingerprint density at radius 1 is 1.03 bits per heavy atom. The zero-order valence-electron chi connectivity index (χ0n) is 17.1. The van der Waals surface area contributed by atoms with E-state index in [1.807, 2.05) is 23.1 Å². The molecule has 7 nitrogen and oxygen atoms in total. The van der Waals surface area contributed by atoms with Gasteiger partial charge in [-0.2, -0.15) is 0 Å². The van der Waals surface area contributed by atoms with E-state index in [1.165, 1.54) is 35.6 Å². The third-order valence-corrected chi connectivity index (χ3v) is 6.42. The van der Waals surface area contributed by atoms with Gasteiger partial charge in [-0.15, -0.1) is 10.2 Å². The Kier molecular flexibility index (Phi) is 7.09. The summed E-state index contributed by atoms with van der Waals surface area (Å²) in [5.74, 6) is -0.685. The first-order chi connectivity index (χ1) is 15.5. The van der Waals surface area contributed by atoms with E-state index in [2.05, 4.69) is 20.4 Å². The summed E-state index contributed by atoms with van der Waals surface area (Å²) in [6, 6.07) is 12.9. The van der Waals surface area contributed by atoms with Crippen molar-refractivity contribution in [3.8, 4) is 0 Å². The van der Waals surface area contributed by atoms with Gasteiger partial charge >= 0.3 is 0 Å². The quantitative estimate of drug-likeness (QED) is 0.593. The van der Waals surface area contributed by atoms with E-state index in [-0.39, 0.29) is 22.6 Å². The van der Waals surface area contributed by atoms with Gasteiger partial charge in [-0.1, -0.05) is 41.1 Å². The monoisotopic (exact) mass is 473 g/mol. The topological polar surface area (TPSA) is 78.4 Å². The van der Waals surface area contributed by atoms with Gasteiger partial charge in [0.25, 0.3) is 5.91 Å². The van der Waals surface area contributed by atoms with Crippen LogP contribution in [0.1, 0.15) is 20.4 Å². The Labute approximate surface area is 193 Å². The number of nitrogens with one attached hydrogen (secondary N) is 1. The molecule has 10 heteroatoms. The van der Waals surface area contributed by atoms with E-state index in [1.54, 1.807) is 6.07 Å². The second-order valence-electron chi connectivity index (χ2n) is 7.39. The van der Waals surface area contributed by atoms with Crippen molar-refractivity contribution < 1.29 is 14.0 Å². The van der Waals surface area contributed by atoms with Crippen LogP contribution in [0.5, 0.6) is 0 Å². The molecule has 166 valence electrons. The van der Waals surface area contributed by atoms with E-state index in [4.69, 9.17) is 11.6 Å². The van der Waals surface area contributed by atoms with Gasteiger partial charge in [0.15, 0.2) is 0 Å². The maximum absolute atomic E-state index is 13.0. The first-order valence-electron chi connectivity index (χ1n) is 10.1. The Balaban J connectivity index is 1.26. The van der Waals surface area contributed by atoms with Crippen LogP contribution in [0.2, 0.25) is 5.02 Å². The number of piperazine rings is 1. The predicted octanol–water partition coefficient (Wildman–Crippen LogP) is 3.47. The molecule has 2 aromatic carbocycles. The van der Waals surface area contributed by atoms with Crippen molar-refractivity contribution in [2.45, 2.75) is 13.0 Å². The highest BCUT2D eigenvalue weighted by Crippen LogP contribution is 2.18. The maximum atomic E-state index is 13.0. The minimum Gasteiger partial charge on any atom is -0.340 e. The molecule has 1 aliphatic heterocycles. The van der Waals surface area contributed by atoms with Crippen LogP contribution in [0, 0.1) is 5.82 Å². The van der Waals surface area contributed by atoms with E-state index in [9.17, 15) is 14.0 Å². The summed E-state index contributed by atoms with van der Waals surface area (Å²) in [6.45, 7) is 3.24. The molecule has 4 rings (SSSR count). The van der Waals surface area contributed by atoms with Crippen LogP contribution in [-0.2, 0) is 17.8 Å². The molecule has 0 unspecified atom stereocenters. The lowest BCUT2D eigenvalue weighted by atomic mass is 10.1. The molecule has 0 aliphatic carbocycles. The highest BCUT2D eigenvalue weighted by atomic mass is 35.5. The molecule has 32 heavy (non-hydrogen) atoms. The molecule has 3 aromatic rings. The fourth-order valence-corrected chi connectivity index (χ4v) is 4.37. The third-order valence-electron chi connectivity index (χ3n) is 5.15. The number of amides is 2. The predicted molar refractivity (Wildman–Crippen MR) is 121 cm³/mol. The van der Waals surface area contributed by atoms with E-state index >= 15 is 0 Å². The van der Waals surface area contributed by atoms with Crippen molar-refractivity contribution in [1.29, 1.82) is 0 Å². The lowest BCUT2D eigenvalue weighted by molar-refractivity contribution is -0.132. The van der Waals surface area contributed by atoms with Gasteiger partial charge in [0.2, 0.25) is 10.9 Å². The molecule has 0 radical (unpaired) electrons. The van der Waals surface area contributed by atoms with Gasteiger partial charge in [0.1, 0.15) is 10.8 Å². The van der Waals surface area contributed by atoms with Gasteiger partial charge in [0, 0.05) is 36.9 Å². The van der Waals surface area contributed by atoms with Crippen LogP contribution in [0.25, 0.3) is 0 Å². The summed E-state index contributed by atoms with van der Waals surface area (Å²) in [7, 11) is 0. The number of rotatable bonds is 6. The summed E-state index contributed by atoms with van der Waals surface area (Å²) in [5, 5.41) is 12.4. The van der Waals surface area contributed by atoms with Gasteiger partial charge < -0.3 is 10.2 Å². The SMILES string of the molecule is O=C(Nc1ccc(F)cc1)c1nnc(CN2CCN(C(=O)Cc3ccccc3Cl)CC2)s1. The minimum atomic E-state index is -0.379. The van der Waals surface area contributed by atoms with E-state index in [0.717, 1.165) is 10.6 Å². The molecule has 1 fully saturated rings. The number of carbonyl (C=O) groups excluding carboxylic acids is 2. The van der Waals surface area contributed by atoms with Crippen molar-refractivity contribution in [2.24, 2.45) is 0 Å². The fraction of sp³-hybridized carbons (Fsp3) is 0.273. The Bertz CT molecular complexity index is 1100. The number of anilines is 1. The third kappa shape index (κ3) is 5.67. The maximum Gasteiger partial charge on any atom is 0.286 e. The second-order valence-corrected chi connectivity index (χ2v) is 8.86. The van der Waals surface area contributed by atoms with Gasteiger partial charge in [-0.3, -0.25) is 14.5 Å². The first kappa shape index (κ1) is 22.3. The summed E-state index contributed by atoms with van der Waals surface area (Å²) < 4.78 is 13.0. The van der Waals surface area contributed by atoms with Crippen molar-refractivity contribution in [1.82, 2.24) is 20.0 Å². The Morgan fingerprint density at radius 3 is 2.47 bits per heavy atom. The number of hydrogen-bond donors (Lipinski definition) is 1. The normalized spacial score (nSPS) is 14.4. The lowest BCUT2D eigenvalue weighted by Crippen LogP contribution is -2.48. The molecule has 1 N–H and O–H groups in total.